The van der Waals surface area contributed by atoms with Crippen molar-refractivity contribution in [2.45, 2.75) is 38.5 Å². The van der Waals surface area contributed by atoms with Crippen LogP contribution in [0.3, 0.4) is 0 Å². The number of anilines is 2. The van der Waals surface area contributed by atoms with Crippen LogP contribution < -0.4 is 15.0 Å². The Morgan fingerprint density at radius 3 is 2.58 bits per heavy atom. The van der Waals surface area contributed by atoms with E-state index in [4.69, 9.17) is 4.74 Å². The number of carbonyl (C=O) groups excluding carboxylic acids is 1. The lowest BCUT2D eigenvalue weighted by atomic mass is 10.0. The number of aryl methyl sites for hydroxylation is 2. The molecule has 0 radical (unpaired) electrons. The van der Waals surface area contributed by atoms with E-state index in [1.165, 1.54) is 9.87 Å². The minimum atomic E-state index is -3.60. The van der Waals surface area contributed by atoms with Gasteiger partial charge in [-0.3, -0.25) is 4.79 Å². The molecule has 8 heteroatoms. The lowest BCUT2D eigenvalue weighted by molar-refractivity contribution is -0.115. The number of rotatable bonds is 8. The molecule has 0 saturated carbocycles. The van der Waals surface area contributed by atoms with E-state index in [0.29, 0.717) is 24.3 Å². The molecule has 31 heavy (non-hydrogen) atoms. The second-order valence-corrected chi connectivity index (χ2v) is 9.54. The topological polar surface area (TPSA) is 79.0 Å². The summed E-state index contributed by atoms with van der Waals surface area (Å²) in [5.41, 5.74) is 3.34. The van der Waals surface area contributed by atoms with Crippen LogP contribution in [0.15, 0.2) is 41.3 Å². The van der Waals surface area contributed by atoms with Crippen molar-refractivity contribution in [1.82, 2.24) is 4.31 Å². The zero-order chi connectivity index (χ0) is 22.6. The van der Waals surface area contributed by atoms with Crippen molar-refractivity contribution in [1.29, 1.82) is 0 Å². The van der Waals surface area contributed by atoms with Crippen LogP contribution in [-0.2, 0) is 21.2 Å². The third-order valence-corrected chi connectivity index (χ3v) is 7.82. The van der Waals surface area contributed by atoms with Crippen LogP contribution in [0.1, 0.15) is 31.4 Å². The molecule has 1 amide bonds. The number of fused-ring (bicyclic) bond motifs is 1. The molecule has 0 atom stereocenters. The maximum absolute atomic E-state index is 13.0. The molecule has 1 N–H and O–H groups in total. The van der Waals surface area contributed by atoms with Crippen molar-refractivity contribution in [3.8, 4) is 5.75 Å². The minimum absolute atomic E-state index is 0.182. The van der Waals surface area contributed by atoms with Gasteiger partial charge in [-0.05, 0) is 61.2 Å². The molecule has 168 valence electrons. The molecule has 0 fully saturated rings. The lowest BCUT2D eigenvalue weighted by Crippen LogP contribution is -2.36. The molecule has 1 aliphatic heterocycles. The molecule has 1 aliphatic rings. The molecule has 0 unspecified atom stereocenters. The summed E-state index contributed by atoms with van der Waals surface area (Å²) in [6, 6.07) is 10.9. The maximum atomic E-state index is 13.0. The lowest BCUT2D eigenvalue weighted by Gasteiger charge is -2.31. The molecule has 0 aliphatic carbocycles. The Kier molecular flexibility index (Phi) is 7.23. The summed E-state index contributed by atoms with van der Waals surface area (Å²) >= 11 is 0. The molecule has 0 bridgehead atoms. The van der Waals surface area contributed by atoms with Crippen LogP contribution in [0.25, 0.3) is 0 Å². The van der Waals surface area contributed by atoms with Gasteiger partial charge in [0.15, 0.2) is 0 Å². The summed E-state index contributed by atoms with van der Waals surface area (Å²) in [7, 11) is -1.96. The fraction of sp³-hybridized carbons (Fsp3) is 0.435. The summed E-state index contributed by atoms with van der Waals surface area (Å²) in [4.78, 5) is 15.0. The van der Waals surface area contributed by atoms with Crippen LogP contribution in [0, 0.1) is 6.92 Å². The Bertz CT molecular complexity index is 1050. The third kappa shape index (κ3) is 5.02. The second kappa shape index (κ2) is 9.70. The molecular weight excluding hydrogens is 414 g/mol. The van der Waals surface area contributed by atoms with Crippen molar-refractivity contribution < 1.29 is 17.9 Å². The normalized spacial score (nSPS) is 13.8. The zero-order valence-corrected chi connectivity index (χ0v) is 19.5. The van der Waals surface area contributed by atoms with Crippen molar-refractivity contribution in [2.75, 3.05) is 43.5 Å². The van der Waals surface area contributed by atoms with Crippen molar-refractivity contribution in [2.24, 2.45) is 0 Å². The van der Waals surface area contributed by atoms with Crippen LogP contribution in [0.4, 0.5) is 11.4 Å². The average Bonchev–Trinajstić information content (AvgIpc) is 2.75. The Morgan fingerprint density at radius 1 is 1.16 bits per heavy atom. The number of ether oxygens (including phenoxy) is 1. The monoisotopic (exact) mass is 445 g/mol. The number of amides is 1. The molecule has 2 aromatic carbocycles. The number of methoxy groups -OCH3 is 1. The molecule has 7 nitrogen and oxygen atoms in total. The molecule has 1 heterocycles. The molecule has 3 rings (SSSR count). The standard InChI is InChI=1S/C23H31N3O4S/c1-5-26(6-2)31(28,29)22-15-19(10-9-17(22)3)24-23(27)16-25-13-7-8-18-14-20(30-4)11-12-21(18)25/h9-12,14-15H,5-8,13,16H2,1-4H3,(H,24,27). The summed E-state index contributed by atoms with van der Waals surface area (Å²) in [5.74, 6) is 0.630. The maximum Gasteiger partial charge on any atom is 0.243 e. The van der Waals surface area contributed by atoms with Crippen LogP contribution in [0.2, 0.25) is 0 Å². The van der Waals surface area contributed by atoms with Crippen LogP contribution in [0.5, 0.6) is 5.75 Å². The quantitative estimate of drug-likeness (QED) is 0.674. The number of benzene rings is 2. The van der Waals surface area contributed by atoms with Gasteiger partial charge in [-0.1, -0.05) is 19.9 Å². The van der Waals surface area contributed by atoms with Gasteiger partial charge in [-0.15, -0.1) is 0 Å². The van der Waals surface area contributed by atoms with Crippen molar-refractivity contribution in [3.63, 3.8) is 0 Å². The van der Waals surface area contributed by atoms with Gasteiger partial charge in [0.25, 0.3) is 0 Å². The SMILES string of the molecule is CCN(CC)S(=O)(=O)c1cc(NC(=O)CN2CCCc3cc(OC)ccc32)ccc1C. The van der Waals surface area contributed by atoms with E-state index in [-0.39, 0.29) is 17.3 Å². The highest BCUT2D eigenvalue weighted by Gasteiger charge is 2.24. The van der Waals surface area contributed by atoms with Gasteiger partial charge in [0, 0.05) is 31.0 Å². The zero-order valence-electron chi connectivity index (χ0n) is 18.6. The number of nitrogens with zero attached hydrogens (tertiary/aromatic N) is 2. The van der Waals surface area contributed by atoms with E-state index < -0.39 is 10.0 Å². The van der Waals surface area contributed by atoms with E-state index in [0.717, 1.165) is 30.8 Å². The summed E-state index contributed by atoms with van der Waals surface area (Å²) < 4.78 is 32.6. The Balaban J connectivity index is 1.77. The molecule has 0 aromatic heterocycles. The van der Waals surface area contributed by atoms with E-state index in [2.05, 4.69) is 10.2 Å². The Morgan fingerprint density at radius 2 is 1.90 bits per heavy atom. The highest BCUT2D eigenvalue weighted by molar-refractivity contribution is 7.89. The predicted molar refractivity (Wildman–Crippen MR) is 123 cm³/mol. The number of nitrogens with one attached hydrogen (secondary N) is 1. The van der Waals surface area contributed by atoms with Gasteiger partial charge in [-0.2, -0.15) is 4.31 Å². The van der Waals surface area contributed by atoms with Gasteiger partial charge >= 0.3 is 0 Å². The highest BCUT2D eigenvalue weighted by Crippen LogP contribution is 2.30. The minimum Gasteiger partial charge on any atom is -0.497 e. The van der Waals surface area contributed by atoms with Crippen molar-refractivity contribution >= 4 is 27.3 Å². The van der Waals surface area contributed by atoms with E-state index in [1.807, 2.05) is 32.0 Å². The summed E-state index contributed by atoms with van der Waals surface area (Å²) in [5, 5.41) is 2.87. The Hall–Kier alpha value is -2.58. The largest absolute Gasteiger partial charge is 0.497 e. The van der Waals surface area contributed by atoms with Gasteiger partial charge in [0.05, 0.1) is 18.6 Å². The van der Waals surface area contributed by atoms with E-state index in [1.54, 1.807) is 32.2 Å². The van der Waals surface area contributed by atoms with Gasteiger partial charge in [0.2, 0.25) is 15.9 Å². The first-order valence-electron chi connectivity index (χ1n) is 10.6. The molecule has 0 saturated heterocycles. The number of sulfonamides is 1. The summed E-state index contributed by atoms with van der Waals surface area (Å²) in [6.07, 6.45) is 1.92. The van der Waals surface area contributed by atoms with Crippen LogP contribution in [-0.4, -0.2) is 51.9 Å². The number of hydrogen-bond donors (Lipinski definition) is 1. The molecule has 0 spiro atoms. The molecular formula is C23H31N3O4S. The number of hydrogen-bond acceptors (Lipinski definition) is 5. The third-order valence-electron chi connectivity index (χ3n) is 5.63. The smallest absolute Gasteiger partial charge is 0.243 e. The summed E-state index contributed by atoms with van der Waals surface area (Å²) in [6.45, 7) is 7.18. The van der Waals surface area contributed by atoms with Gasteiger partial charge in [0.1, 0.15) is 5.75 Å². The van der Waals surface area contributed by atoms with E-state index in [9.17, 15) is 13.2 Å². The fourth-order valence-corrected chi connectivity index (χ4v) is 5.68. The fourth-order valence-electron chi connectivity index (χ4n) is 3.97. The van der Waals surface area contributed by atoms with E-state index >= 15 is 0 Å². The van der Waals surface area contributed by atoms with Crippen LogP contribution >= 0.6 is 0 Å². The Labute approximate surface area is 185 Å². The highest BCUT2D eigenvalue weighted by atomic mass is 32.2. The first-order chi connectivity index (χ1) is 14.8. The molecule has 2 aromatic rings. The first-order valence-corrected chi connectivity index (χ1v) is 12.1. The average molecular weight is 446 g/mol. The number of carbonyl (C=O) groups is 1. The first kappa shape index (κ1) is 23.1. The van der Waals surface area contributed by atoms with Crippen molar-refractivity contribution in [3.05, 3.63) is 47.5 Å². The second-order valence-electron chi connectivity index (χ2n) is 7.64. The predicted octanol–water partition coefficient (Wildman–Crippen LogP) is 3.43. The van der Waals surface area contributed by atoms with Gasteiger partial charge in [-0.25, -0.2) is 8.42 Å². The van der Waals surface area contributed by atoms with Gasteiger partial charge < -0.3 is 15.0 Å².